The number of ether oxygens (including phenoxy) is 1. The van der Waals surface area contributed by atoms with Crippen molar-refractivity contribution in [2.24, 2.45) is 0 Å². The number of rotatable bonds is 2. The molecule has 1 aromatic heterocycles. The molecule has 0 bridgehead atoms. The van der Waals surface area contributed by atoms with Crippen molar-refractivity contribution in [1.82, 2.24) is 4.98 Å². The smallest absolute Gasteiger partial charge is 0.419 e. The number of aliphatic hydroxyl groups is 1. The Hall–Kier alpha value is -0.530. The highest BCUT2D eigenvalue weighted by atomic mass is 35.5. The number of hydrogen-bond donors (Lipinski definition) is 1. The number of halogens is 4. The molecule has 0 fully saturated rings. The molecule has 3 nitrogen and oxygen atoms in total. The Labute approximate surface area is 86.1 Å². The zero-order chi connectivity index (χ0) is 10.9. The van der Waals surface area contributed by atoms with E-state index >= 15 is 0 Å². The van der Waals surface area contributed by atoms with Crippen LogP contribution >= 0.6 is 22.9 Å². The van der Waals surface area contributed by atoms with Gasteiger partial charge in [0.15, 0.2) is 6.10 Å². The quantitative estimate of drug-likeness (QED) is 0.873. The number of thiazole rings is 1. The van der Waals surface area contributed by atoms with Crippen LogP contribution in [0.1, 0.15) is 11.0 Å². The third-order valence-corrected chi connectivity index (χ3v) is 2.79. The van der Waals surface area contributed by atoms with Crippen LogP contribution in [0.5, 0.6) is 5.19 Å². The van der Waals surface area contributed by atoms with Crippen LogP contribution < -0.4 is 4.74 Å². The van der Waals surface area contributed by atoms with Gasteiger partial charge in [0.05, 0.1) is 12.0 Å². The molecule has 0 spiro atoms. The summed E-state index contributed by atoms with van der Waals surface area (Å²) in [5, 5.41) is 8.44. The number of alkyl halides is 3. The van der Waals surface area contributed by atoms with Gasteiger partial charge in [-0.05, 0) is 0 Å². The first-order valence-corrected chi connectivity index (χ1v) is 4.50. The fourth-order valence-corrected chi connectivity index (χ4v) is 1.83. The lowest BCUT2D eigenvalue weighted by molar-refractivity contribution is -0.205. The summed E-state index contributed by atoms with van der Waals surface area (Å²) in [6.07, 6.45) is -7.36. The molecule has 1 heterocycles. The molecule has 14 heavy (non-hydrogen) atoms. The van der Waals surface area contributed by atoms with E-state index in [1.165, 1.54) is 7.11 Å². The van der Waals surface area contributed by atoms with Crippen LogP contribution in [-0.4, -0.2) is 23.4 Å². The van der Waals surface area contributed by atoms with Crippen LogP contribution in [0.3, 0.4) is 0 Å². The van der Waals surface area contributed by atoms with Crippen LogP contribution in [0, 0.1) is 0 Å². The average molecular weight is 248 g/mol. The van der Waals surface area contributed by atoms with E-state index in [0.717, 1.165) is 0 Å². The van der Waals surface area contributed by atoms with Gasteiger partial charge >= 0.3 is 6.18 Å². The Bertz CT molecular complexity index is 327. The summed E-state index contributed by atoms with van der Waals surface area (Å²) >= 11 is 5.94. The van der Waals surface area contributed by atoms with Crippen molar-refractivity contribution < 1.29 is 23.0 Å². The third kappa shape index (κ3) is 2.28. The van der Waals surface area contributed by atoms with Gasteiger partial charge in [0, 0.05) is 0 Å². The van der Waals surface area contributed by atoms with Gasteiger partial charge in [-0.1, -0.05) is 22.9 Å². The Kier molecular flexibility index (Phi) is 3.23. The fraction of sp³-hybridized carbons (Fsp3) is 0.500. The molecule has 1 aromatic rings. The predicted octanol–water partition coefficient (Wildman–Crippen LogP) is 2.40. The molecule has 0 aliphatic rings. The highest BCUT2D eigenvalue weighted by Gasteiger charge is 2.42. The molecular formula is C6H5ClF3NO2S. The minimum Gasteiger partial charge on any atom is -0.473 e. The first-order valence-electron chi connectivity index (χ1n) is 3.31. The summed E-state index contributed by atoms with van der Waals surface area (Å²) in [6, 6.07) is 0. The summed E-state index contributed by atoms with van der Waals surface area (Å²) in [6.45, 7) is 0. The number of methoxy groups -OCH3 is 1. The molecule has 0 saturated heterocycles. The lowest BCUT2D eigenvalue weighted by atomic mass is 10.3. The monoisotopic (exact) mass is 247 g/mol. The maximum Gasteiger partial charge on any atom is 0.419 e. The van der Waals surface area contributed by atoms with Crippen molar-refractivity contribution in [2.45, 2.75) is 12.3 Å². The van der Waals surface area contributed by atoms with Crippen LogP contribution in [0.25, 0.3) is 0 Å². The van der Waals surface area contributed by atoms with Gasteiger partial charge in [0.1, 0.15) is 5.15 Å². The average Bonchev–Trinajstić information content (AvgIpc) is 2.43. The van der Waals surface area contributed by atoms with Gasteiger partial charge in [-0.3, -0.25) is 0 Å². The van der Waals surface area contributed by atoms with Crippen molar-refractivity contribution in [3.63, 3.8) is 0 Å². The molecule has 0 saturated carbocycles. The fourth-order valence-electron chi connectivity index (χ4n) is 0.699. The van der Waals surface area contributed by atoms with Gasteiger partial charge in [-0.15, -0.1) is 0 Å². The van der Waals surface area contributed by atoms with E-state index in [0.29, 0.717) is 11.3 Å². The molecule has 8 heteroatoms. The normalized spacial score (nSPS) is 14.1. The van der Waals surface area contributed by atoms with Crippen LogP contribution in [0.4, 0.5) is 13.2 Å². The van der Waals surface area contributed by atoms with E-state index in [-0.39, 0.29) is 5.19 Å². The second kappa shape index (κ2) is 3.92. The van der Waals surface area contributed by atoms with Gasteiger partial charge in [0.25, 0.3) is 5.19 Å². The van der Waals surface area contributed by atoms with E-state index in [2.05, 4.69) is 9.72 Å². The van der Waals surface area contributed by atoms with Gasteiger partial charge in [-0.2, -0.15) is 18.2 Å². The van der Waals surface area contributed by atoms with Crippen LogP contribution in [0.15, 0.2) is 0 Å². The molecule has 0 amide bonds. The summed E-state index contributed by atoms with van der Waals surface area (Å²) in [7, 11) is 1.25. The number of aromatic nitrogens is 1. The first kappa shape index (κ1) is 11.5. The Morgan fingerprint density at radius 3 is 2.50 bits per heavy atom. The van der Waals surface area contributed by atoms with E-state index in [9.17, 15) is 13.2 Å². The highest BCUT2D eigenvalue weighted by molar-refractivity contribution is 7.14. The molecule has 80 valence electrons. The van der Waals surface area contributed by atoms with Crippen molar-refractivity contribution in [2.75, 3.05) is 7.11 Å². The molecule has 0 aromatic carbocycles. The summed E-state index contributed by atoms with van der Waals surface area (Å²) in [5.41, 5.74) is 0. The van der Waals surface area contributed by atoms with Crippen molar-refractivity contribution >= 4 is 22.9 Å². The number of hydrogen-bond acceptors (Lipinski definition) is 4. The van der Waals surface area contributed by atoms with Crippen LogP contribution in [-0.2, 0) is 0 Å². The molecule has 0 aliphatic heterocycles. The zero-order valence-electron chi connectivity index (χ0n) is 6.80. The van der Waals surface area contributed by atoms with Crippen LogP contribution in [0.2, 0.25) is 5.15 Å². The maximum absolute atomic E-state index is 12.1. The van der Waals surface area contributed by atoms with E-state index in [1.54, 1.807) is 0 Å². The minimum absolute atomic E-state index is 0.0201. The molecule has 0 unspecified atom stereocenters. The first-order chi connectivity index (χ1) is 6.36. The molecular weight excluding hydrogens is 243 g/mol. The number of nitrogens with zero attached hydrogens (tertiary/aromatic N) is 1. The lowest BCUT2D eigenvalue weighted by Crippen LogP contribution is -2.19. The highest BCUT2D eigenvalue weighted by Crippen LogP contribution is 2.40. The summed E-state index contributed by atoms with van der Waals surface area (Å²) in [4.78, 5) is 3.00. The summed E-state index contributed by atoms with van der Waals surface area (Å²) < 4.78 is 40.8. The van der Waals surface area contributed by atoms with Gasteiger partial charge in [-0.25, -0.2) is 0 Å². The molecule has 1 N–H and O–H groups in total. The predicted molar refractivity (Wildman–Crippen MR) is 44.7 cm³/mol. The largest absolute Gasteiger partial charge is 0.473 e. The van der Waals surface area contributed by atoms with E-state index < -0.39 is 22.3 Å². The Morgan fingerprint density at radius 1 is 1.57 bits per heavy atom. The van der Waals surface area contributed by atoms with Gasteiger partial charge < -0.3 is 9.84 Å². The molecule has 1 atom stereocenters. The molecule has 0 aliphatic carbocycles. The molecule has 0 radical (unpaired) electrons. The minimum atomic E-state index is -4.75. The second-order valence-corrected chi connectivity index (χ2v) is 3.63. The third-order valence-electron chi connectivity index (χ3n) is 1.32. The summed E-state index contributed by atoms with van der Waals surface area (Å²) in [5.74, 6) is 0. The zero-order valence-corrected chi connectivity index (χ0v) is 8.37. The SMILES string of the molecule is COc1nc(Cl)c([C@H](O)C(F)(F)F)s1. The van der Waals surface area contributed by atoms with Crippen molar-refractivity contribution in [3.8, 4) is 5.19 Å². The van der Waals surface area contributed by atoms with E-state index in [4.69, 9.17) is 16.7 Å². The van der Waals surface area contributed by atoms with Gasteiger partial charge in [0.2, 0.25) is 0 Å². The van der Waals surface area contributed by atoms with Crippen molar-refractivity contribution in [3.05, 3.63) is 10.0 Å². The topological polar surface area (TPSA) is 42.4 Å². The standard InChI is InChI=1S/C6H5ClF3NO2S/c1-13-5-11-4(7)2(14-5)3(12)6(8,9)10/h3,12H,1H3/t3-/m0/s1. The Morgan fingerprint density at radius 2 is 2.14 bits per heavy atom. The maximum atomic E-state index is 12.1. The molecule has 1 rings (SSSR count). The van der Waals surface area contributed by atoms with E-state index in [1.807, 2.05) is 0 Å². The second-order valence-electron chi connectivity index (χ2n) is 2.28. The number of aliphatic hydroxyl groups excluding tert-OH is 1. The van der Waals surface area contributed by atoms with Crippen molar-refractivity contribution in [1.29, 1.82) is 0 Å². The lowest BCUT2D eigenvalue weighted by Gasteiger charge is -2.11. The Balaban J connectivity index is 3.01.